The number of rotatable bonds is 8. The molecule has 0 amide bonds. The van der Waals surface area contributed by atoms with Crippen LogP contribution in [0.2, 0.25) is 0 Å². The van der Waals surface area contributed by atoms with Gasteiger partial charge in [0.15, 0.2) is 0 Å². The molecule has 3 rings (SSSR count). The van der Waals surface area contributed by atoms with Gasteiger partial charge in [0.1, 0.15) is 6.17 Å². The van der Waals surface area contributed by atoms with Crippen molar-refractivity contribution in [1.82, 2.24) is 0 Å². The molecule has 3 aliphatic rings. The van der Waals surface area contributed by atoms with Gasteiger partial charge in [-0.3, -0.25) is 0 Å². The Morgan fingerprint density at radius 3 is 2.75 bits per heavy atom. The van der Waals surface area contributed by atoms with Crippen LogP contribution in [-0.4, -0.2) is 22.3 Å². The molecule has 5 atom stereocenters. The summed E-state index contributed by atoms with van der Waals surface area (Å²) < 4.78 is 14.2. The van der Waals surface area contributed by atoms with Crippen LogP contribution >= 0.6 is 11.6 Å². The SMILES string of the molecule is C=C1C(=CC=C2CCCC3(C)C(C(C)CCCC(O)(CC)CC)=CCC23)CC(Cl)CC1F. The molecule has 5 unspecified atom stereocenters. The van der Waals surface area contributed by atoms with Crippen molar-refractivity contribution < 1.29 is 9.50 Å². The number of aliphatic hydroxyl groups is 1. The number of allylic oxidation sites excluding steroid dienone is 7. The Labute approximate surface area is 200 Å². The molecule has 0 spiro atoms. The van der Waals surface area contributed by atoms with Gasteiger partial charge in [0.25, 0.3) is 0 Å². The van der Waals surface area contributed by atoms with Gasteiger partial charge in [-0.1, -0.05) is 70.1 Å². The topological polar surface area (TPSA) is 20.2 Å². The number of hydrogen-bond acceptors (Lipinski definition) is 1. The molecule has 0 bridgehead atoms. The summed E-state index contributed by atoms with van der Waals surface area (Å²) in [6.45, 7) is 13.0. The summed E-state index contributed by atoms with van der Waals surface area (Å²) in [7, 11) is 0. The summed E-state index contributed by atoms with van der Waals surface area (Å²) >= 11 is 6.28. The first kappa shape index (κ1) is 25.8. The predicted molar refractivity (Wildman–Crippen MR) is 136 cm³/mol. The number of halogens is 2. The molecule has 0 aromatic rings. The summed E-state index contributed by atoms with van der Waals surface area (Å²) in [6.07, 6.45) is 16.5. The fourth-order valence-corrected chi connectivity index (χ4v) is 6.84. The molecule has 180 valence electrons. The molecule has 0 radical (unpaired) electrons. The Balaban J connectivity index is 1.68. The maximum atomic E-state index is 14.2. The largest absolute Gasteiger partial charge is 0.390 e. The fourth-order valence-electron chi connectivity index (χ4n) is 6.52. The minimum Gasteiger partial charge on any atom is -0.390 e. The highest BCUT2D eigenvalue weighted by Gasteiger charge is 2.45. The van der Waals surface area contributed by atoms with Crippen molar-refractivity contribution in [3.8, 4) is 0 Å². The monoisotopic (exact) mass is 462 g/mol. The molecule has 3 heteroatoms. The first-order valence-electron chi connectivity index (χ1n) is 12.9. The van der Waals surface area contributed by atoms with E-state index in [1.165, 1.54) is 18.4 Å². The fraction of sp³-hybridized carbons (Fsp3) is 0.724. The predicted octanol–water partition coefficient (Wildman–Crippen LogP) is 8.63. The molecule has 32 heavy (non-hydrogen) atoms. The van der Waals surface area contributed by atoms with Gasteiger partial charge >= 0.3 is 0 Å². The second-order valence-electron chi connectivity index (χ2n) is 10.9. The third kappa shape index (κ3) is 5.44. The maximum absolute atomic E-state index is 14.2. The summed E-state index contributed by atoms with van der Waals surface area (Å²) in [6, 6.07) is 0. The Morgan fingerprint density at radius 1 is 1.34 bits per heavy atom. The lowest BCUT2D eigenvalue weighted by atomic mass is 9.62. The lowest BCUT2D eigenvalue weighted by Gasteiger charge is -2.42. The van der Waals surface area contributed by atoms with Crippen LogP contribution < -0.4 is 0 Å². The van der Waals surface area contributed by atoms with Gasteiger partial charge in [0.2, 0.25) is 0 Å². The Morgan fingerprint density at radius 2 is 2.06 bits per heavy atom. The Hall–Kier alpha value is -0.860. The third-order valence-corrected chi connectivity index (χ3v) is 9.26. The molecule has 3 aliphatic carbocycles. The summed E-state index contributed by atoms with van der Waals surface area (Å²) in [5, 5.41) is 10.5. The van der Waals surface area contributed by atoms with Crippen LogP contribution in [0.25, 0.3) is 0 Å². The maximum Gasteiger partial charge on any atom is 0.126 e. The summed E-state index contributed by atoms with van der Waals surface area (Å²) in [5.74, 6) is 1.11. The van der Waals surface area contributed by atoms with Gasteiger partial charge in [0, 0.05) is 5.38 Å². The van der Waals surface area contributed by atoms with Crippen LogP contribution in [-0.2, 0) is 0 Å². The number of alkyl halides is 2. The molecular weight excluding hydrogens is 419 g/mol. The molecule has 1 nitrogen and oxygen atoms in total. The van der Waals surface area contributed by atoms with Gasteiger partial charge < -0.3 is 5.11 Å². The van der Waals surface area contributed by atoms with Gasteiger partial charge in [-0.15, -0.1) is 11.6 Å². The van der Waals surface area contributed by atoms with E-state index in [2.05, 4.69) is 52.5 Å². The average Bonchev–Trinajstić information content (AvgIpc) is 3.12. The smallest absolute Gasteiger partial charge is 0.126 e. The highest BCUT2D eigenvalue weighted by Crippen LogP contribution is 2.57. The van der Waals surface area contributed by atoms with Gasteiger partial charge in [-0.25, -0.2) is 4.39 Å². The van der Waals surface area contributed by atoms with E-state index in [0.717, 1.165) is 56.9 Å². The molecule has 0 heterocycles. The standard InChI is InChI=1S/C29H44ClFO/c1-6-29(32,7-2)17-8-10-20(3)25-14-15-26-22(11-9-16-28(25,26)5)12-13-23-18-24(30)19-27(31)21(23)4/h12-14,20,24,26-27,32H,4,6-11,15-19H2,1-3,5H3. The van der Waals surface area contributed by atoms with Crippen LogP contribution in [0.1, 0.15) is 98.3 Å². The Kier molecular flexibility index (Phi) is 8.53. The second kappa shape index (κ2) is 10.6. The normalized spacial score (nSPS) is 34.7. The van der Waals surface area contributed by atoms with Crippen LogP contribution in [0.5, 0.6) is 0 Å². The van der Waals surface area contributed by atoms with Crippen molar-refractivity contribution in [3.05, 3.63) is 47.1 Å². The zero-order valence-corrected chi connectivity index (χ0v) is 21.5. The minimum absolute atomic E-state index is 0.129. The first-order chi connectivity index (χ1) is 15.1. The molecule has 1 N–H and O–H groups in total. The zero-order valence-electron chi connectivity index (χ0n) is 20.7. The molecule has 0 aliphatic heterocycles. The van der Waals surface area contributed by atoms with E-state index in [-0.39, 0.29) is 10.8 Å². The molecular formula is C29H44ClFO. The van der Waals surface area contributed by atoms with Crippen LogP contribution in [0.15, 0.2) is 47.1 Å². The zero-order chi connectivity index (χ0) is 23.5. The molecule has 2 saturated carbocycles. The van der Waals surface area contributed by atoms with Gasteiger partial charge in [0.05, 0.1) is 5.60 Å². The number of hydrogen-bond donors (Lipinski definition) is 1. The van der Waals surface area contributed by atoms with Crippen LogP contribution in [0.4, 0.5) is 4.39 Å². The van der Waals surface area contributed by atoms with E-state index in [9.17, 15) is 9.50 Å². The first-order valence-corrected chi connectivity index (χ1v) is 13.4. The highest BCUT2D eigenvalue weighted by atomic mass is 35.5. The third-order valence-electron chi connectivity index (χ3n) is 8.93. The van der Waals surface area contributed by atoms with Crippen molar-refractivity contribution in [2.24, 2.45) is 17.3 Å². The van der Waals surface area contributed by atoms with E-state index < -0.39 is 11.8 Å². The van der Waals surface area contributed by atoms with E-state index in [1.54, 1.807) is 5.57 Å². The van der Waals surface area contributed by atoms with Crippen LogP contribution in [0.3, 0.4) is 0 Å². The lowest BCUT2D eigenvalue weighted by molar-refractivity contribution is 0.0204. The van der Waals surface area contributed by atoms with Crippen molar-refractivity contribution in [3.63, 3.8) is 0 Å². The van der Waals surface area contributed by atoms with E-state index in [4.69, 9.17) is 11.6 Å². The van der Waals surface area contributed by atoms with E-state index >= 15 is 0 Å². The van der Waals surface area contributed by atoms with E-state index in [1.807, 2.05) is 0 Å². The lowest BCUT2D eigenvalue weighted by Crippen LogP contribution is -2.32. The van der Waals surface area contributed by atoms with Crippen molar-refractivity contribution in [2.45, 2.75) is 115 Å². The summed E-state index contributed by atoms with van der Waals surface area (Å²) in [4.78, 5) is 0. The second-order valence-corrected chi connectivity index (χ2v) is 11.5. The Bertz CT molecular complexity index is 774. The van der Waals surface area contributed by atoms with Gasteiger partial charge in [-0.05, 0) is 92.6 Å². The molecule has 0 aromatic carbocycles. The summed E-state index contributed by atoms with van der Waals surface area (Å²) in [5.41, 5.74) is 4.49. The highest BCUT2D eigenvalue weighted by molar-refractivity contribution is 6.21. The number of fused-ring (bicyclic) bond motifs is 1. The minimum atomic E-state index is -1.01. The average molecular weight is 463 g/mol. The molecule has 2 fully saturated rings. The van der Waals surface area contributed by atoms with Crippen molar-refractivity contribution in [2.75, 3.05) is 0 Å². The van der Waals surface area contributed by atoms with Crippen molar-refractivity contribution >= 4 is 11.6 Å². The van der Waals surface area contributed by atoms with Crippen molar-refractivity contribution in [1.29, 1.82) is 0 Å². The van der Waals surface area contributed by atoms with Gasteiger partial charge in [-0.2, -0.15) is 0 Å². The van der Waals surface area contributed by atoms with E-state index in [0.29, 0.717) is 23.8 Å². The molecule has 0 saturated heterocycles. The molecule has 0 aromatic heterocycles. The quantitative estimate of drug-likeness (QED) is 0.282. The van der Waals surface area contributed by atoms with Crippen LogP contribution in [0, 0.1) is 17.3 Å².